The molecule has 2 heteroatoms. The highest BCUT2D eigenvalue weighted by molar-refractivity contribution is 5.76. The lowest BCUT2D eigenvalue weighted by molar-refractivity contribution is 0.616. The largest absolute Gasteiger partial charge is 0.464 e. The molecule has 0 spiro atoms. The van der Waals surface area contributed by atoms with Gasteiger partial charge in [0.05, 0.1) is 6.26 Å². The standard InChI is InChI=1S/C8H6O.C7H9N/c1-2-4-8-7(3-1)5-6-9-8;1-6-3-4-8-7(2)5-6/h1-6H;3-5H,1-2H3. The van der Waals surface area contributed by atoms with Crippen molar-refractivity contribution in [2.24, 2.45) is 0 Å². The Morgan fingerprint density at radius 2 is 1.82 bits per heavy atom. The zero-order valence-electron chi connectivity index (χ0n) is 10.1. The zero-order chi connectivity index (χ0) is 12.1. The summed E-state index contributed by atoms with van der Waals surface area (Å²) >= 11 is 0. The van der Waals surface area contributed by atoms with E-state index < -0.39 is 0 Å². The summed E-state index contributed by atoms with van der Waals surface area (Å²) in [7, 11) is 0. The van der Waals surface area contributed by atoms with Gasteiger partial charge in [-0.15, -0.1) is 0 Å². The van der Waals surface area contributed by atoms with E-state index in [0.717, 1.165) is 16.7 Å². The molecule has 1 aromatic carbocycles. The maximum absolute atomic E-state index is 5.12. The predicted molar refractivity (Wildman–Crippen MR) is 69.9 cm³/mol. The van der Waals surface area contributed by atoms with Crippen LogP contribution in [0.2, 0.25) is 0 Å². The summed E-state index contributed by atoms with van der Waals surface area (Å²) in [4.78, 5) is 4.04. The first kappa shape index (κ1) is 11.4. The summed E-state index contributed by atoms with van der Waals surface area (Å²) in [5, 5.41) is 1.16. The molecule has 3 aromatic rings. The zero-order valence-corrected chi connectivity index (χ0v) is 10.1. The second-order valence-electron chi connectivity index (χ2n) is 3.93. The maximum atomic E-state index is 5.12. The minimum Gasteiger partial charge on any atom is -0.464 e. The number of furan rings is 1. The summed E-state index contributed by atoms with van der Waals surface area (Å²) in [6, 6.07) is 13.9. The number of para-hydroxylation sites is 1. The molecule has 2 heterocycles. The Bertz CT molecular complexity index is 551. The lowest BCUT2D eigenvalue weighted by atomic mass is 10.3. The van der Waals surface area contributed by atoms with Crippen molar-refractivity contribution in [2.75, 3.05) is 0 Å². The molecule has 0 radical (unpaired) electrons. The number of aromatic nitrogens is 1. The average molecular weight is 225 g/mol. The topological polar surface area (TPSA) is 26.0 Å². The van der Waals surface area contributed by atoms with Crippen LogP contribution in [0.15, 0.2) is 59.3 Å². The quantitative estimate of drug-likeness (QED) is 0.575. The van der Waals surface area contributed by atoms with Gasteiger partial charge < -0.3 is 4.42 Å². The van der Waals surface area contributed by atoms with Gasteiger partial charge in [0.1, 0.15) is 5.58 Å². The number of aryl methyl sites for hydroxylation is 2. The lowest BCUT2D eigenvalue weighted by Crippen LogP contribution is -1.78. The Morgan fingerprint density at radius 3 is 2.47 bits per heavy atom. The number of hydrogen-bond donors (Lipinski definition) is 0. The number of hydrogen-bond acceptors (Lipinski definition) is 2. The molecular weight excluding hydrogens is 210 g/mol. The molecule has 0 atom stereocenters. The van der Waals surface area contributed by atoms with E-state index in [9.17, 15) is 0 Å². The third-order valence-corrected chi connectivity index (χ3v) is 2.41. The van der Waals surface area contributed by atoms with Gasteiger partial charge in [0.15, 0.2) is 0 Å². The summed E-state index contributed by atoms with van der Waals surface area (Å²) in [5.74, 6) is 0. The van der Waals surface area contributed by atoms with Crippen molar-refractivity contribution >= 4 is 11.0 Å². The number of fused-ring (bicyclic) bond motifs is 1. The minimum atomic E-state index is 0.956. The highest BCUT2D eigenvalue weighted by atomic mass is 16.3. The van der Waals surface area contributed by atoms with Crippen LogP contribution >= 0.6 is 0 Å². The van der Waals surface area contributed by atoms with Gasteiger partial charge in [0.2, 0.25) is 0 Å². The summed E-state index contributed by atoms with van der Waals surface area (Å²) in [6.07, 6.45) is 3.52. The van der Waals surface area contributed by atoms with E-state index in [0.29, 0.717) is 0 Å². The molecule has 0 bridgehead atoms. The van der Waals surface area contributed by atoms with Crippen LogP contribution in [-0.2, 0) is 0 Å². The SMILES string of the molecule is Cc1ccnc(C)c1.c1ccc2occc2c1. The van der Waals surface area contributed by atoms with Crippen molar-refractivity contribution in [1.82, 2.24) is 4.98 Å². The molecule has 3 rings (SSSR count). The molecule has 2 aromatic heterocycles. The minimum absolute atomic E-state index is 0.956. The van der Waals surface area contributed by atoms with Crippen molar-refractivity contribution in [3.8, 4) is 0 Å². The van der Waals surface area contributed by atoms with E-state index in [2.05, 4.69) is 18.0 Å². The Labute approximate surface area is 101 Å². The number of nitrogens with zero attached hydrogens (tertiary/aromatic N) is 1. The van der Waals surface area contributed by atoms with E-state index in [1.807, 2.05) is 49.5 Å². The van der Waals surface area contributed by atoms with Crippen molar-refractivity contribution < 1.29 is 4.42 Å². The van der Waals surface area contributed by atoms with Crippen LogP contribution in [0.25, 0.3) is 11.0 Å². The van der Waals surface area contributed by atoms with Crippen LogP contribution in [0.3, 0.4) is 0 Å². The normalized spacial score (nSPS) is 9.76. The molecule has 0 N–H and O–H groups in total. The van der Waals surface area contributed by atoms with Crippen LogP contribution in [0, 0.1) is 13.8 Å². The van der Waals surface area contributed by atoms with Crippen LogP contribution < -0.4 is 0 Å². The van der Waals surface area contributed by atoms with E-state index in [4.69, 9.17) is 4.42 Å². The molecule has 0 saturated carbocycles. The van der Waals surface area contributed by atoms with E-state index in [-0.39, 0.29) is 0 Å². The second kappa shape index (κ2) is 5.30. The van der Waals surface area contributed by atoms with E-state index in [1.165, 1.54) is 5.56 Å². The molecular formula is C15H15NO. The predicted octanol–water partition coefficient (Wildman–Crippen LogP) is 4.13. The molecule has 0 aliphatic carbocycles. The van der Waals surface area contributed by atoms with Gasteiger partial charge in [0.25, 0.3) is 0 Å². The molecule has 17 heavy (non-hydrogen) atoms. The monoisotopic (exact) mass is 225 g/mol. The fraction of sp³-hybridized carbons (Fsp3) is 0.133. The van der Waals surface area contributed by atoms with Gasteiger partial charge in [0, 0.05) is 17.3 Å². The van der Waals surface area contributed by atoms with Crippen molar-refractivity contribution in [3.63, 3.8) is 0 Å². The number of pyridine rings is 1. The van der Waals surface area contributed by atoms with Crippen LogP contribution in [-0.4, -0.2) is 4.98 Å². The fourth-order valence-electron chi connectivity index (χ4n) is 1.59. The van der Waals surface area contributed by atoms with Crippen molar-refractivity contribution in [2.45, 2.75) is 13.8 Å². The molecule has 0 amide bonds. The third kappa shape index (κ3) is 3.18. The smallest absolute Gasteiger partial charge is 0.133 e. The molecule has 0 saturated heterocycles. The molecule has 0 fully saturated rings. The Kier molecular flexibility index (Phi) is 3.55. The summed E-state index contributed by atoms with van der Waals surface area (Å²) in [5.41, 5.74) is 3.32. The molecule has 0 unspecified atom stereocenters. The lowest BCUT2D eigenvalue weighted by Gasteiger charge is -1.90. The molecule has 86 valence electrons. The van der Waals surface area contributed by atoms with Gasteiger partial charge in [-0.2, -0.15) is 0 Å². The Morgan fingerprint density at radius 1 is 1.00 bits per heavy atom. The fourth-order valence-corrected chi connectivity index (χ4v) is 1.59. The Hall–Kier alpha value is -2.09. The van der Waals surface area contributed by atoms with Gasteiger partial charge in [-0.25, -0.2) is 0 Å². The number of rotatable bonds is 0. The average Bonchev–Trinajstić information content (AvgIpc) is 2.77. The number of benzene rings is 1. The van der Waals surface area contributed by atoms with Crippen LogP contribution in [0.5, 0.6) is 0 Å². The van der Waals surface area contributed by atoms with Gasteiger partial charge in [-0.3, -0.25) is 4.98 Å². The van der Waals surface area contributed by atoms with E-state index >= 15 is 0 Å². The molecule has 2 nitrogen and oxygen atoms in total. The summed E-state index contributed by atoms with van der Waals surface area (Å²) in [6.45, 7) is 4.06. The van der Waals surface area contributed by atoms with E-state index in [1.54, 1.807) is 6.26 Å². The van der Waals surface area contributed by atoms with Gasteiger partial charge in [-0.05, 0) is 43.7 Å². The maximum Gasteiger partial charge on any atom is 0.133 e. The van der Waals surface area contributed by atoms with Crippen LogP contribution in [0.1, 0.15) is 11.3 Å². The van der Waals surface area contributed by atoms with Gasteiger partial charge >= 0.3 is 0 Å². The molecule has 0 aliphatic rings. The first-order valence-corrected chi connectivity index (χ1v) is 5.57. The van der Waals surface area contributed by atoms with Gasteiger partial charge in [-0.1, -0.05) is 18.2 Å². The highest BCUT2D eigenvalue weighted by Crippen LogP contribution is 2.12. The van der Waals surface area contributed by atoms with Crippen molar-refractivity contribution in [3.05, 3.63) is 66.2 Å². The second-order valence-corrected chi connectivity index (χ2v) is 3.93. The molecule has 0 aliphatic heterocycles. The summed E-state index contributed by atoms with van der Waals surface area (Å²) < 4.78 is 5.12. The third-order valence-electron chi connectivity index (χ3n) is 2.41. The van der Waals surface area contributed by atoms with Crippen LogP contribution in [0.4, 0.5) is 0 Å². The van der Waals surface area contributed by atoms with Crippen molar-refractivity contribution in [1.29, 1.82) is 0 Å². The Balaban J connectivity index is 0.000000128. The highest BCUT2D eigenvalue weighted by Gasteiger charge is 1.89. The first-order chi connectivity index (χ1) is 8.25. The first-order valence-electron chi connectivity index (χ1n) is 5.57.